The second-order valence-corrected chi connectivity index (χ2v) is 12.0. The molecule has 0 fully saturated rings. The van der Waals surface area contributed by atoms with Crippen molar-refractivity contribution in [1.82, 2.24) is 0 Å². The number of carbonyl (C=O) groups is 1. The second-order valence-electron chi connectivity index (χ2n) is 8.16. The molecule has 0 saturated heterocycles. The molecule has 0 N–H and O–H groups in total. The maximum atomic E-state index is 13.4. The molecular weight excluding hydrogens is 548 g/mol. The molecule has 0 unspecified atom stereocenters. The fourth-order valence-electron chi connectivity index (χ4n) is 4.37. The van der Waals surface area contributed by atoms with Crippen LogP contribution in [-0.2, 0) is 16.4 Å². The molecule has 3 aromatic carbocycles. The number of hydrogen-bond acceptors (Lipinski definition) is 5. The van der Waals surface area contributed by atoms with Gasteiger partial charge in [0.15, 0.2) is 0 Å². The Bertz CT molecular complexity index is 1530. The third kappa shape index (κ3) is 4.32. The average Bonchev–Trinajstić information content (AvgIpc) is 3.47. The molecule has 5 rings (SSSR count). The third-order valence-corrected chi connectivity index (χ3v) is 9.63. The maximum absolute atomic E-state index is 13.4. The van der Waals surface area contributed by atoms with Crippen molar-refractivity contribution < 1.29 is 17.9 Å². The van der Waals surface area contributed by atoms with Crippen LogP contribution in [0.25, 0.3) is 10.1 Å². The van der Waals surface area contributed by atoms with E-state index in [1.54, 1.807) is 44.4 Å². The van der Waals surface area contributed by atoms with Crippen molar-refractivity contribution in [3.63, 3.8) is 0 Å². The van der Waals surface area contributed by atoms with Gasteiger partial charge >= 0.3 is 0 Å². The van der Waals surface area contributed by atoms with Crippen LogP contribution in [0.3, 0.4) is 0 Å². The molecule has 0 aliphatic carbocycles. The Morgan fingerprint density at radius 1 is 1.09 bits per heavy atom. The van der Waals surface area contributed by atoms with E-state index in [4.69, 9.17) is 4.74 Å². The lowest BCUT2D eigenvalue weighted by Crippen LogP contribution is -2.30. The highest BCUT2D eigenvalue weighted by Gasteiger charge is 2.28. The van der Waals surface area contributed by atoms with Crippen molar-refractivity contribution in [2.24, 2.45) is 0 Å². The third-order valence-electron chi connectivity index (χ3n) is 6.12. The first-order valence-corrected chi connectivity index (χ1v) is 14.2. The molecule has 0 spiro atoms. The summed E-state index contributed by atoms with van der Waals surface area (Å²) < 4.78 is 35.2. The van der Waals surface area contributed by atoms with E-state index in [0.717, 1.165) is 32.2 Å². The molecule has 4 aromatic rings. The van der Waals surface area contributed by atoms with Crippen LogP contribution in [-0.4, -0.2) is 34.5 Å². The molecule has 0 bridgehead atoms. The van der Waals surface area contributed by atoms with E-state index in [0.29, 0.717) is 22.9 Å². The van der Waals surface area contributed by atoms with Crippen LogP contribution in [0.5, 0.6) is 5.75 Å². The Morgan fingerprint density at radius 3 is 2.57 bits per heavy atom. The SMILES string of the molecule is CCN(c1ccc2sc(C(=O)N3CCc4cc(Br)ccc43)cc2c1)S(=O)(=O)c1ccc(OC)cc1. The minimum Gasteiger partial charge on any atom is -0.497 e. The van der Waals surface area contributed by atoms with Crippen LogP contribution >= 0.6 is 27.3 Å². The molecule has 2 heterocycles. The van der Waals surface area contributed by atoms with E-state index in [9.17, 15) is 13.2 Å². The minimum absolute atomic E-state index is 0.0352. The molecule has 1 aromatic heterocycles. The quantitative estimate of drug-likeness (QED) is 0.281. The van der Waals surface area contributed by atoms with Crippen LogP contribution in [0.15, 0.2) is 76.1 Å². The van der Waals surface area contributed by atoms with E-state index >= 15 is 0 Å². The van der Waals surface area contributed by atoms with E-state index in [1.165, 1.54) is 15.6 Å². The molecule has 1 amide bonds. The van der Waals surface area contributed by atoms with Gasteiger partial charge in [-0.2, -0.15) is 0 Å². The van der Waals surface area contributed by atoms with Gasteiger partial charge in [-0.15, -0.1) is 11.3 Å². The fraction of sp³-hybridized carbons (Fsp3) is 0.192. The molecule has 35 heavy (non-hydrogen) atoms. The summed E-state index contributed by atoms with van der Waals surface area (Å²) in [6.45, 7) is 2.72. The number of thiophene rings is 1. The Labute approximate surface area is 216 Å². The molecular formula is C26H23BrN2O4S2. The van der Waals surface area contributed by atoms with Crippen molar-refractivity contribution in [2.75, 3.05) is 29.4 Å². The topological polar surface area (TPSA) is 66.9 Å². The highest BCUT2D eigenvalue weighted by molar-refractivity contribution is 9.10. The van der Waals surface area contributed by atoms with Gasteiger partial charge in [0.2, 0.25) is 0 Å². The lowest BCUT2D eigenvalue weighted by atomic mass is 10.2. The van der Waals surface area contributed by atoms with Gasteiger partial charge in [-0.3, -0.25) is 9.10 Å². The predicted octanol–water partition coefficient (Wildman–Crippen LogP) is 6.09. The first-order valence-electron chi connectivity index (χ1n) is 11.1. The predicted molar refractivity (Wildman–Crippen MR) is 145 cm³/mol. The highest BCUT2D eigenvalue weighted by atomic mass is 79.9. The Kier molecular flexibility index (Phi) is 6.33. The van der Waals surface area contributed by atoms with Crippen LogP contribution in [0.4, 0.5) is 11.4 Å². The van der Waals surface area contributed by atoms with E-state index < -0.39 is 10.0 Å². The van der Waals surface area contributed by atoms with Crippen molar-refractivity contribution in [3.05, 3.63) is 81.6 Å². The monoisotopic (exact) mass is 570 g/mol. The average molecular weight is 572 g/mol. The molecule has 0 radical (unpaired) electrons. The number of nitrogens with zero attached hydrogens (tertiary/aromatic N) is 2. The fourth-order valence-corrected chi connectivity index (χ4v) is 7.24. The maximum Gasteiger partial charge on any atom is 0.268 e. The zero-order valence-electron chi connectivity index (χ0n) is 19.2. The van der Waals surface area contributed by atoms with Gasteiger partial charge in [0.1, 0.15) is 5.75 Å². The summed E-state index contributed by atoms with van der Waals surface area (Å²) in [4.78, 5) is 16.0. The number of amides is 1. The standard InChI is InChI=1S/C26H23BrN2O4S2/c1-3-29(35(31,32)22-8-6-21(33-2)7-9-22)20-5-11-24-18(15-20)16-25(34-24)26(30)28-13-12-17-14-19(27)4-10-23(17)28/h4-11,14-16H,3,12-13H2,1-2H3. The van der Waals surface area contributed by atoms with Gasteiger partial charge < -0.3 is 9.64 Å². The lowest BCUT2D eigenvalue weighted by molar-refractivity contribution is 0.0993. The minimum atomic E-state index is -3.76. The summed E-state index contributed by atoms with van der Waals surface area (Å²) in [5.74, 6) is 0.559. The zero-order chi connectivity index (χ0) is 24.7. The smallest absolute Gasteiger partial charge is 0.268 e. The molecule has 1 aliphatic rings. The number of rotatable bonds is 6. The summed E-state index contributed by atoms with van der Waals surface area (Å²) in [5, 5.41) is 0.842. The van der Waals surface area contributed by atoms with E-state index in [2.05, 4.69) is 22.0 Å². The number of anilines is 2. The molecule has 0 saturated carbocycles. The number of hydrogen-bond donors (Lipinski definition) is 0. The van der Waals surface area contributed by atoms with Crippen LogP contribution in [0, 0.1) is 0 Å². The van der Waals surface area contributed by atoms with Crippen LogP contribution < -0.4 is 13.9 Å². The summed E-state index contributed by atoms with van der Waals surface area (Å²) in [6.07, 6.45) is 0.824. The summed E-state index contributed by atoms with van der Waals surface area (Å²) in [5.41, 5.74) is 2.65. The van der Waals surface area contributed by atoms with Gasteiger partial charge in [0.05, 0.1) is 22.6 Å². The Hall–Kier alpha value is -2.88. The molecule has 180 valence electrons. The van der Waals surface area contributed by atoms with Crippen LogP contribution in [0.1, 0.15) is 22.2 Å². The van der Waals surface area contributed by atoms with E-state index in [-0.39, 0.29) is 17.3 Å². The Morgan fingerprint density at radius 2 is 1.86 bits per heavy atom. The molecule has 1 aliphatic heterocycles. The number of sulfonamides is 1. The summed E-state index contributed by atoms with van der Waals surface area (Å²) in [7, 11) is -2.22. The van der Waals surface area contributed by atoms with E-state index in [1.807, 2.05) is 35.2 Å². The largest absolute Gasteiger partial charge is 0.497 e. The second kappa shape index (κ2) is 9.29. The number of fused-ring (bicyclic) bond motifs is 2. The van der Waals surface area contributed by atoms with Crippen molar-refractivity contribution >= 4 is 64.7 Å². The first kappa shape index (κ1) is 23.8. The highest BCUT2D eigenvalue weighted by Crippen LogP contribution is 2.36. The number of halogens is 1. The van der Waals surface area contributed by atoms with Gasteiger partial charge in [0, 0.05) is 27.9 Å². The van der Waals surface area contributed by atoms with Crippen molar-refractivity contribution in [1.29, 1.82) is 0 Å². The number of carbonyl (C=O) groups excluding carboxylic acids is 1. The van der Waals surface area contributed by atoms with Crippen molar-refractivity contribution in [2.45, 2.75) is 18.2 Å². The summed E-state index contributed by atoms with van der Waals surface area (Å²) in [6, 6.07) is 19.7. The van der Waals surface area contributed by atoms with Gasteiger partial charge in [-0.05, 0) is 91.0 Å². The number of methoxy groups -OCH3 is 1. The van der Waals surface area contributed by atoms with Crippen LogP contribution in [0.2, 0.25) is 0 Å². The van der Waals surface area contributed by atoms with Crippen molar-refractivity contribution in [3.8, 4) is 5.75 Å². The summed E-state index contributed by atoms with van der Waals surface area (Å²) >= 11 is 4.92. The number of benzene rings is 3. The molecule has 6 nitrogen and oxygen atoms in total. The van der Waals surface area contributed by atoms with Gasteiger partial charge in [-0.1, -0.05) is 15.9 Å². The van der Waals surface area contributed by atoms with Gasteiger partial charge in [-0.25, -0.2) is 8.42 Å². The molecule has 0 atom stereocenters. The molecule has 9 heteroatoms. The number of ether oxygens (including phenoxy) is 1. The lowest BCUT2D eigenvalue weighted by Gasteiger charge is -2.23. The van der Waals surface area contributed by atoms with Gasteiger partial charge in [0.25, 0.3) is 15.9 Å². The first-order chi connectivity index (χ1) is 16.8. The zero-order valence-corrected chi connectivity index (χ0v) is 22.4. The Balaban J connectivity index is 1.46. The normalized spacial score (nSPS) is 13.2.